The van der Waals surface area contributed by atoms with E-state index in [2.05, 4.69) is 20.1 Å². The van der Waals surface area contributed by atoms with Gasteiger partial charge in [-0.15, -0.1) is 24.0 Å². The minimum atomic E-state index is -0.264. The van der Waals surface area contributed by atoms with E-state index in [1.165, 1.54) is 6.07 Å². The monoisotopic (exact) mass is 575 g/mol. The first-order chi connectivity index (χ1) is 15.7. The van der Waals surface area contributed by atoms with Crippen LogP contribution in [0, 0.1) is 5.82 Å². The van der Waals surface area contributed by atoms with Crippen LogP contribution >= 0.6 is 24.0 Å². The van der Waals surface area contributed by atoms with Crippen LogP contribution in [0.4, 0.5) is 4.39 Å². The molecule has 3 fully saturated rings. The Bertz CT molecular complexity index is 794. The van der Waals surface area contributed by atoms with Crippen LogP contribution in [-0.4, -0.2) is 105 Å². The van der Waals surface area contributed by atoms with Crippen molar-refractivity contribution in [2.45, 2.75) is 25.0 Å². The molecule has 1 amide bonds. The van der Waals surface area contributed by atoms with Crippen molar-refractivity contribution in [1.82, 2.24) is 20.0 Å². The summed E-state index contributed by atoms with van der Waals surface area (Å²) in [7, 11) is 1.78. The van der Waals surface area contributed by atoms with Gasteiger partial charge in [-0.05, 0) is 30.5 Å². The summed E-state index contributed by atoms with van der Waals surface area (Å²) in [5, 5.41) is 3.50. The van der Waals surface area contributed by atoms with Crippen molar-refractivity contribution in [3.8, 4) is 0 Å². The van der Waals surface area contributed by atoms with Crippen molar-refractivity contribution in [1.29, 1.82) is 0 Å². The number of nitrogens with one attached hydrogen (secondary N) is 1. The van der Waals surface area contributed by atoms with Gasteiger partial charge >= 0.3 is 0 Å². The Morgan fingerprint density at radius 3 is 2.52 bits per heavy atom. The van der Waals surface area contributed by atoms with E-state index in [0.717, 1.165) is 50.5 Å². The molecule has 184 valence electrons. The van der Waals surface area contributed by atoms with Gasteiger partial charge in [0.1, 0.15) is 11.9 Å². The third-order valence-corrected chi connectivity index (χ3v) is 6.48. The maximum atomic E-state index is 13.9. The van der Waals surface area contributed by atoms with E-state index in [0.29, 0.717) is 39.5 Å². The zero-order valence-electron chi connectivity index (χ0n) is 19.2. The number of ether oxygens (including phenoxy) is 2. The molecule has 1 aromatic carbocycles. The lowest BCUT2D eigenvalue weighted by molar-refractivity contribution is -0.142. The summed E-state index contributed by atoms with van der Waals surface area (Å²) in [5.74, 6) is 0.699. The molecule has 0 aromatic heterocycles. The molecule has 1 N–H and O–H groups in total. The molecular weight excluding hydrogens is 540 g/mol. The second kappa shape index (κ2) is 12.8. The van der Waals surface area contributed by atoms with Crippen molar-refractivity contribution in [2.75, 3.05) is 72.7 Å². The number of carbonyl (C=O) groups is 1. The lowest BCUT2D eigenvalue weighted by Crippen LogP contribution is -2.56. The highest BCUT2D eigenvalue weighted by atomic mass is 127. The molecule has 3 aliphatic rings. The van der Waals surface area contributed by atoms with Crippen LogP contribution in [0.2, 0.25) is 0 Å². The molecule has 3 heterocycles. The third kappa shape index (κ3) is 6.77. The van der Waals surface area contributed by atoms with E-state index < -0.39 is 0 Å². The van der Waals surface area contributed by atoms with Crippen molar-refractivity contribution in [2.24, 2.45) is 4.99 Å². The van der Waals surface area contributed by atoms with Gasteiger partial charge in [0, 0.05) is 59.5 Å². The zero-order valence-corrected chi connectivity index (χ0v) is 21.6. The van der Waals surface area contributed by atoms with Gasteiger partial charge in [0.15, 0.2) is 5.96 Å². The third-order valence-electron chi connectivity index (χ3n) is 6.48. The summed E-state index contributed by atoms with van der Waals surface area (Å²) in [6, 6.07) is 6.85. The highest BCUT2D eigenvalue weighted by Gasteiger charge is 2.31. The number of carbonyl (C=O) groups excluding carboxylic acids is 1. The Morgan fingerprint density at radius 1 is 1.15 bits per heavy atom. The SMILES string of the molecule is CN=C(NCC(c1cccc(F)c1)N1CCOCC1)N1CCN(C(=O)C2CCCO2)CC1.I. The van der Waals surface area contributed by atoms with E-state index >= 15 is 0 Å². The highest BCUT2D eigenvalue weighted by molar-refractivity contribution is 14.0. The minimum absolute atomic E-state index is 0. The Balaban J connectivity index is 0.00000306. The fourth-order valence-corrected chi connectivity index (χ4v) is 4.70. The summed E-state index contributed by atoms with van der Waals surface area (Å²) in [4.78, 5) is 23.5. The second-order valence-corrected chi connectivity index (χ2v) is 8.46. The smallest absolute Gasteiger partial charge is 0.251 e. The first-order valence-electron chi connectivity index (χ1n) is 11.6. The van der Waals surface area contributed by atoms with Crippen LogP contribution < -0.4 is 5.32 Å². The summed E-state index contributed by atoms with van der Waals surface area (Å²) in [5.41, 5.74) is 0.946. The van der Waals surface area contributed by atoms with Crippen LogP contribution in [0.15, 0.2) is 29.3 Å². The summed E-state index contributed by atoms with van der Waals surface area (Å²) in [6.07, 6.45) is 1.52. The summed E-state index contributed by atoms with van der Waals surface area (Å²) >= 11 is 0. The fraction of sp³-hybridized carbons (Fsp3) is 0.652. The van der Waals surface area contributed by atoms with E-state index in [9.17, 15) is 9.18 Å². The normalized spacial score (nSPS) is 23.2. The number of hydrogen-bond acceptors (Lipinski definition) is 5. The number of nitrogens with zero attached hydrogens (tertiary/aromatic N) is 4. The van der Waals surface area contributed by atoms with Gasteiger partial charge in [-0.1, -0.05) is 12.1 Å². The van der Waals surface area contributed by atoms with Crippen LogP contribution in [0.25, 0.3) is 0 Å². The number of hydrogen-bond donors (Lipinski definition) is 1. The molecule has 2 unspecified atom stereocenters. The number of morpholine rings is 1. The Hall–Kier alpha value is -1.50. The molecule has 3 saturated heterocycles. The maximum absolute atomic E-state index is 13.9. The molecule has 0 bridgehead atoms. The lowest BCUT2D eigenvalue weighted by atomic mass is 10.0. The molecule has 8 nitrogen and oxygen atoms in total. The van der Waals surface area contributed by atoms with Gasteiger partial charge in [0.05, 0.1) is 19.3 Å². The highest BCUT2D eigenvalue weighted by Crippen LogP contribution is 2.22. The fourth-order valence-electron chi connectivity index (χ4n) is 4.70. The first-order valence-corrected chi connectivity index (χ1v) is 11.6. The number of guanidine groups is 1. The zero-order chi connectivity index (χ0) is 22.3. The summed E-state index contributed by atoms with van der Waals surface area (Å²) < 4.78 is 25.0. The molecule has 10 heteroatoms. The predicted octanol–water partition coefficient (Wildman–Crippen LogP) is 1.72. The number of piperazine rings is 1. The van der Waals surface area contributed by atoms with Gasteiger partial charge < -0.3 is 24.6 Å². The largest absolute Gasteiger partial charge is 0.379 e. The molecule has 1 aromatic rings. The summed E-state index contributed by atoms with van der Waals surface area (Å²) in [6.45, 7) is 7.06. The van der Waals surface area contributed by atoms with Gasteiger partial charge in [-0.2, -0.15) is 0 Å². The van der Waals surface area contributed by atoms with Crippen molar-refractivity contribution >= 4 is 35.8 Å². The lowest BCUT2D eigenvalue weighted by Gasteiger charge is -2.39. The van der Waals surface area contributed by atoms with Crippen LogP contribution in [-0.2, 0) is 14.3 Å². The van der Waals surface area contributed by atoms with Gasteiger partial charge in [0.2, 0.25) is 0 Å². The molecule has 33 heavy (non-hydrogen) atoms. The molecule has 0 spiro atoms. The van der Waals surface area contributed by atoms with E-state index in [-0.39, 0.29) is 47.8 Å². The van der Waals surface area contributed by atoms with Gasteiger partial charge in [0.25, 0.3) is 5.91 Å². The molecule has 0 saturated carbocycles. The average Bonchev–Trinajstić information content (AvgIpc) is 3.37. The Morgan fingerprint density at radius 2 is 1.88 bits per heavy atom. The van der Waals surface area contributed by atoms with E-state index in [4.69, 9.17) is 9.47 Å². The average molecular weight is 575 g/mol. The van der Waals surface area contributed by atoms with Crippen LogP contribution in [0.1, 0.15) is 24.4 Å². The number of halogens is 2. The quantitative estimate of drug-likeness (QED) is 0.328. The standard InChI is InChI=1S/C23H34FN5O3.HI/c1-25-23(29-9-7-28(8-10-29)22(30)21-6-3-13-32-21)26-17-20(27-11-14-31-15-12-27)18-4-2-5-19(24)16-18;/h2,4-5,16,20-21H,3,6-15,17H2,1H3,(H,25,26);1H. The number of amides is 1. The number of rotatable bonds is 5. The molecule has 4 rings (SSSR count). The topological polar surface area (TPSA) is 69.6 Å². The molecule has 2 atom stereocenters. The first kappa shape index (κ1) is 26.1. The van der Waals surface area contributed by atoms with Gasteiger partial charge in [-0.3, -0.25) is 14.7 Å². The van der Waals surface area contributed by atoms with Crippen molar-refractivity contribution < 1.29 is 18.7 Å². The number of aliphatic imine (C=N–C) groups is 1. The van der Waals surface area contributed by atoms with Gasteiger partial charge in [-0.25, -0.2) is 4.39 Å². The van der Waals surface area contributed by atoms with Crippen LogP contribution in [0.5, 0.6) is 0 Å². The van der Waals surface area contributed by atoms with E-state index in [1.54, 1.807) is 19.2 Å². The van der Waals surface area contributed by atoms with Crippen LogP contribution in [0.3, 0.4) is 0 Å². The maximum Gasteiger partial charge on any atom is 0.251 e. The Kier molecular flexibility index (Phi) is 10.1. The minimum Gasteiger partial charge on any atom is -0.379 e. The van der Waals surface area contributed by atoms with Crippen molar-refractivity contribution in [3.05, 3.63) is 35.6 Å². The predicted molar refractivity (Wildman–Crippen MR) is 135 cm³/mol. The number of benzene rings is 1. The Labute approximate surface area is 212 Å². The molecular formula is C23H35FIN5O3. The second-order valence-electron chi connectivity index (χ2n) is 8.46. The molecule has 0 radical (unpaired) electrons. The van der Waals surface area contributed by atoms with E-state index in [1.807, 2.05) is 11.0 Å². The molecule has 0 aliphatic carbocycles. The molecule has 3 aliphatic heterocycles. The van der Waals surface area contributed by atoms with Crippen molar-refractivity contribution in [3.63, 3.8) is 0 Å².